The lowest BCUT2D eigenvalue weighted by atomic mass is 9.77. The van der Waals surface area contributed by atoms with Gasteiger partial charge in [-0.3, -0.25) is 4.98 Å². The van der Waals surface area contributed by atoms with E-state index in [2.05, 4.69) is 34.6 Å². The monoisotopic (exact) mass is 254 g/mol. The maximum Gasteiger partial charge on any atom is 0.160 e. The number of aromatic nitrogens is 1. The van der Waals surface area contributed by atoms with Gasteiger partial charge in [-0.2, -0.15) is 0 Å². The van der Waals surface area contributed by atoms with Crippen molar-refractivity contribution in [2.24, 2.45) is 0 Å². The van der Waals surface area contributed by atoms with Crippen LogP contribution in [0.5, 0.6) is 5.75 Å². The molecule has 19 heavy (non-hydrogen) atoms. The lowest BCUT2D eigenvalue weighted by molar-refractivity contribution is 0.414. The Balaban J connectivity index is 1.70. The van der Waals surface area contributed by atoms with Crippen molar-refractivity contribution >= 4 is 5.69 Å². The summed E-state index contributed by atoms with van der Waals surface area (Å²) < 4.78 is 5.33. The van der Waals surface area contributed by atoms with Crippen LogP contribution in [0.15, 0.2) is 36.5 Å². The predicted molar refractivity (Wildman–Crippen MR) is 76.9 cm³/mol. The minimum absolute atomic E-state index is 0.606. The zero-order chi connectivity index (χ0) is 13.2. The third-order valence-corrected chi connectivity index (χ3v) is 3.72. The fourth-order valence-corrected chi connectivity index (χ4v) is 2.63. The number of benzene rings is 1. The van der Waals surface area contributed by atoms with E-state index in [1.807, 2.05) is 13.0 Å². The van der Waals surface area contributed by atoms with E-state index in [-0.39, 0.29) is 0 Å². The molecule has 0 amide bonds. The third kappa shape index (κ3) is 2.28. The van der Waals surface area contributed by atoms with Crippen LogP contribution in [0.1, 0.15) is 22.7 Å². The van der Waals surface area contributed by atoms with E-state index in [1.54, 1.807) is 13.3 Å². The molecule has 1 aliphatic rings. The second kappa shape index (κ2) is 4.92. The molecule has 0 saturated heterocycles. The summed E-state index contributed by atoms with van der Waals surface area (Å²) in [6, 6.07) is 10.7. The molecular formula is C16H18N2O. The Labute approximate surface area is 113 Å². The molecule has 0 fully saturated rings. The fourth-order valence-electron chi connectivity index (χ4n) is 2.63. The van der Waals surface area contributed by atoms with Crippen LogP contribution in [0, 0.1) is 6.92 Å². The van der Waals surface area contributed by atoms with Gasteiger partial charge >= 0.3 is 0 Å². The summed E-state index contributed by atoms with van der Waals surface area (Å²) in [5.74, 6) is 1.41. The van der Waals surface area contributed by atoms with Gasteiger partial charge in [-0.05, 0) is 30.5 Å². The van der Waals surface area contributed by atoms with E-state index in [0.29, 0.717) is 5.92 Å². The Morgan fingerprint density at radius 3 is 3.00 bits per heavy atom. The number of rotatable bonds is 4. The normalized spacial score (nSPS) is 16.4. The quantitative estimate of drug-likeness (QED) is 0.910. The van der Waals surface area contributed by atoms with Gasteiger partial charge in [-0.1, -0.05) is 24.3 Å². The second-order valence-corrected chi connectivity index (χ2v) is 5.01. The van der Waals surface area contributed by atoms with Crippen molar-refractivity contribution in [2.75, 3.05) is 19.0 Å². The first-order valence-corrected chi connectivity index (χ1v) is 6.60. The van der Waals surface area contributed by atoms with Crippen molar-refractivity contribution in [2.45, 2.75) is 19.3 Å². The molecule has 1 aromatic heterocycles. The van der Waals surface area contributed by atoms with Gasteiger partial charge in [0.05, 0.1) is 19.0 Å². The number of nitrogens with one attached hydrogen (secondary N) is 1. The van der Waals surface area contributed by atoms with E-state index in [0.717, 1.165) is 30.1 Å². The molecular weight excluding hydrogens is 236 g/mol. The zero-order valence-electron chi connectivity index (χ0n) is 11.3. The molecule has 1 aromatic carbocycles. The Hall–Kier alpha value is -2.03. The van der Waals surface area contributed by atoms with Crippen molar-refractivity contribution in [1.29, 1.82) is 0 Å². The molecule has 1 atom stereocenters. The van der Waals surface area contributed by atoms with Crippen molar-refractivity contribution in [3.05, 3.63) is 53.3 Å². The molecule has 0 aliphatic heterocycles. The molecule has 0 radical (unpaired) electrons. The highest BCUT2D eigenvalue weighted by molar-refractivity contribution is 5.56. The maximum absolute atomic E-state index is 5.33. The number of anilines is 1. The van der Waals surface area contributed by atoms with Crippen LogP contribution in [0.25, 0.3) is 0 Å². The molecule has 1 unspecified atom stereocenters. The largest absolute Gasteiger partial charge is 0.493 e. The standard InChI is InChI=1S/C16H18N2O/c1-11-7-15(16(19-2)10-17-11)18-9-13-8-12-5-3-4-6-14(12)13/h3-7,10,13H,8-9H2,1-2H3,(H,17,18). The predicted octanol–water partition coefficient (Wildman–Crippen LogP) is 3.15. The molecule has 0 saturated carbocycles. The number of pyridine rings is 1. The highest BCUT2D eigenvalue weighted by Gasteiger charge is 2.25. The lowest BCUT2D eigenvalue weighted by Gasteiger charge is -2.30. The number of fused-ring (bicyclic) bond motifs is 1. The molecule has 3 nitrogen and oxygen atoms in total. The van der Waals surface area contributed by atoms with Crippen LogP contribution in [0.2, 0.25) is 0 Å². The van der Waals surface area contributed by atoms with E-state index in [4.69, 9.17) is 4.74 Å². The number of hydrogen-bond donors (Lipinski definition) is 1. The summed E-state index contributed by atoms with van der Waals surface area (Å²) in [6.07, 6.45) is 2.93. The first-order chi connectivity index (χ1) is 9.28. The summed E-state index contributed by atoms with van der Waals surface area (Å²) >= 11 is 0. The summed E-state index contributed by atoms with van der Waals surface area (Å²) in [7, 11) is 1.68. The highest BCUT2D eigenvalue weighted by Crippen LogP contribution is 2.35. The van der Waals surface area contributed by atoms with Gasteiger partial charge in [0.15, 0.2) is 5.75 Å². The number of ether oxygens (including phenoxy) is 1. The van der Waals surface area contributed by atoms with Crippen LogP contribution >= 0.6 is 0 Å². The van der Waals surface area contributed by atoms with Gasteiger partial charge in [0.1, 0.15) is 0 Å². The molecule has 0 spiro atoms. The molecule has 3 heteroatoms. The second-order valence-electron chi connectivity index (χ2n) is 5.01. The maximum atomic E-state index is 5.33. The molecule has 2 aromatic rings. The van der Waals surface area contributed by atoms with Crippen LogP contribution in [0.4, 0.5) is 5.69 Å². The lowest BCUT2D eigenvalue weighted by Crippen LogP contribution is -2.24. The number of nitrogens with zero attached hydrogens (tertiary/aromatic N) is 1. The van der Waals surface area contributed by atoms with Crippen molar-refractivity contribution in [3.8, 4) is 5.75 Å². The molecule has 0 bridgehead atoms. The van der Waals surface area contributed by atoms with Crippen LogP contribution in [-0.2, 0) is 6.42 Å². The zero-order valence-corrected chi connectivity index (χ0v) is 11.3. The molecule has 3 rings (SSSR count). The first kappa shape index (κ1) is 12.0. The van der Waals surface area contributed by atoms with Crippen molar-refractivity contribution in [1.82, 2.24) is 4.98 Å². The van der Waals surface area contributed by atoms with Gasteiger partial charge < -0.3 is 10.1 Å². The average molecular weight is 254 g/mol. The Kier molecular flexibility index (Phi) is 3.11. The third-order valence-electron chi connectivity index (χ3n) is 3.72. The van der Waals surface area contributed by atoms with Crippen LogP contribution < -0.4 is 10.1 Å². The Morgan fingerprint density at radius 2 is 2.21 bits per heavy atom. The summed E-state index contributed by atoms with van der Waals surface area (Å²) in [5.41, 5.74) is 4.98. The van der Waals surface area contributed by atoms with Gasteiger partial charge in [-0.15, -0.1) is 0 Å². The average Bonchev–Trinajstić information content (AvgIpc) is 2.40. The van der Waals surface area contributed by atoms with Gasteiger partial charge in [0.2, 0.25) is 0 Å². The summed E-state index contributed by atoms with van der Waals surface area (Å²) in [4.78, 5) is 4.24. The smallest absolute Gasteiger partial charge is 0.160 e. The first-order valence-electron chi connectivity index (χ1n) is 6.60. The minimum atomic E-state index is 0.606. The molecule has 1 heterocycles. The Morgan fingerprint density at radius 1 is 1.37 bits per heavy atom. The topological polar surface area (TPSA) is 34.1 Å². The van der Waals surface area contributed by atoms with E-state index >= 15 is 0 Å². The fraction of sp³-hybridized carbons (Fsp3) is 0.312. The van der Waals surface area contributed by atoms with Gasteiger partial charge in [0.25, 0.3) is 0 Å². The molecule has 1 aliphatic carbocycles. The summed E-state index contributed by atoms with van der Waals surface area (Å²) in [5, 5.41) is 3.48. The SMILES string of the molecule is COc1cnc(C)cc1NCC1Cc2ccccc21. The van der Waals surface area contributed by atoms with Crippen molar-refractivity contribution in [3.63, 3.8) is 0 Å². The molecule has 98 valence electrons. The van der Waals surface area contributed by atoms with E-state index < -0.39 is 0 Å². The minimum Gasteiger partial charge on any atom is -0.493 e. The van der Waals surface area contributed by atoms with Crippen LogP contribution in [0.3, 0.4) is 0 Å². The summed E-state index contributed by atoms with van der Waals surface area (Å²) in [6.45, 7) is 2.93. The number of aryl methyl sites for hydroxylation is 1. The van der Waals surface area contributed by atoms with Gasteiger partial charge in [0, 0.05) is 18.2 Å². The number of hydrogen-bond acceptors (Lipinski definition) is 3. The number of methoxy groups -OCH3 is 1. The highest BCUT2D eigenvalue weighted by atomic mass is 16.5. The van der Waals surface area contributed by atoms with Crippen molar-refractivity contribution < 1.29 is 4.74 Å². The Bertz CT molecular complexity index is 595. The van der Waals surface area contributed by atoms with Gasteiger partial charge in [-0.25, -0.2) is 0 Å². The van der Waals surface area contributed by atoms with Crippen LogP contribution in [-0.4, -0.2) is 18.6 Å². The van der Waals surface area contributed by atoms with E-state index in [1.165, 1.54) is 11.1 Å². The molecule has 1 N–H and O–H groups in total. The van der Waals surface area contributed by atoms with E-state index in [9.17, 15) is 0 Å².